The maximum absolute atomic E-state index is 11.8. The minimum Gasteiger partial charge on any atom is -0.395 e. The molecule has 0 saturated carbocycles. The Morgan fingerprint density at radius 2 is 2.38 bits per heavy atom. The van der Waals surface area contributed by atoms with Gasteiger partial charge in [-0.15, -0.1) is 0 Å². The standard InChI is InChI=1S/C14H23ClN4O2/c1-11-13(15)8-19(17-11)9-14(21)16-5-7-18-6-3-2-4-12(18)10-20/h8,12,20H,2-7,9-10H2,1H3,(H,16,21)/t12-/m1/s1. The zero-order valence-corrected chi connectivity index (χ0v) is 13.1. The Bertz CT molecular complexity index is 458. The highest BCUT2D eigenvalue weighted by Gasteiger charge is 2.21. The van der Waals surface area contributed by atoms with Gasteiger partial charge in [0.05, 0.1) is 17.3 Å². The lowest BCUT2D eigenvalue weighted by atomic mass is 10.0. The number of aliphatic hydroxyl groups is 1. The van der Waals surface area contributed by atoms with Crippen LogP contribution in [0.1, 0.15) is 25.0 Å². The van der Waals surface area contributed by atoms with Crippen molar-refractivity contribution in [2.75, 3.05) is 26.2 Å². The number of aryl methyl sites for hydroxylation is 1. The molecule has 1 atom stereocenters. The van der Waals surface area contributed by atoms with E-state index >= 15 is 0 Å². The number of nitrogens with one attached hydrogen (secondary N) is 1. The van der Waals surface area contributed by atoms with Gasteiger partial charge in [0.25, 0.3) is 0 Å². The molecule has 2 rings (SSSR count). The minimum atomic E-state index is -0.0771. The summed E-state index contributed by atoms with van der Waals surface area (Å²) in [5, 5.41) is 17.0. The van der Waals surface area contributed by atoms with Crippen LogP contribution in [0.2, 0.25) is 5.02 Å². The number of hydrogen-bond acceptors (Lipinski definition) is 4. The van der Waals surface area contributed by atoms with Crippen molar-refractivity contribution in [2.45, 2.75) is 38.8 Å². The molecule has 2 N–H and O–H groups in total. The zero-order valence-electron chi connectivity index (χ0n) is 12.4. The predicted molar refractivity (Wildman–Crippen MR) is 81.3 cm³/mol. The molecule has 0 bridgehead atoms. The summed E-state index contributed by atoms with van der Waals surface area (Å²) in [6.45, 7) is 4.53. The number of piperidine rings is 1. The number of aromatic nitrogens is 2. The van der Waals surface area contributed by atoms with Crippen molar-refractivity contribution >= 4 is 17.5 Å². The lowest BCUT2D eigenvalue weighted by Gasteiger charge is -2.34. The smallest absolute Gasteiger partial charge is 0.241 e. The molecule has 2 heterocycles. The van der Waals surface area contributed by atoms with E-state index < -0.39 is 0 Å². The zero-order chi connectivity index (χ0) is 15.2. The predicted octanol–water partition coefficient (Wildman–Crippen LogP) is 0.808. The molecule has 0 spiro atoms. The average molecular weight is 315 g/mol. The Kier molecular flexibility index (Phi) is 6.02. The third-order valence-electron chi connectivity index (χ3n) is 3.87. The summed E-state index contributed by atoms with van der Waals surface area (Å²) in [6, 6.07) is 0.239. The Hall–Kier alpha value is -1.11. The summed E-state index contributed by atoms with van der Waals surface area (Å²) < 4.78 is 1.55. The molecule has 1 aromatic heterocycles. The van der Waals surface area contributed by atoms with Crippen LogP contribution in [-0.2, 0) is 11.3 Å². The molecule has 1 amide bonds. The second-order valence-corrected chi connectivity index (χ2v) is 5.89. The van der Waals surface area contributed by atoms with Crippen LogP contribution < -0.4 is 5.32 Å². The Morgan fingerprint density at radius 3 is 3.05 bits per heavy atom. The van der Waals surface area contributed by atoms with Gasteiger partial charge in [0.1, 0.15) is 6.54 Å². The van der Waals surface area contributed by atoms with Crippen LogP contribution in [0.4, 0.5) is 0 Å². The molecule has 1 aliphatic heterocycles. The van der Waals surface area contributed by atoms with E-state index in [-0.39, 0.29) is 25.1 Å². The number of nitrogens with zero attached hydrogens (tertiary/aromatic N) is 3. The number of amides is 1. The Morgan fingerprint density at radius 1 is 1.57 bits per heavy atom. The van der Waals surface area contributed by atoms with Gasteiger partial charge in [-0.2, -0.15) is 5.10 Å². The van der Waals surface area contributed by atoms with Gasteiger partial charge >= 0.3 is 0 Å². The number of likely N-dealkylation sites (tertiary alicyclic amines) is 1. The highest BCUT2D eigenvalue weighted by molar-refractivity contribution is 6.31. The van der Waals surface area contributed by atoms with Gasteiger partial charge in [-0.25, -0.2) is 0 Å². The van der Waals surface area contributed by atoms with E-state index in [2.05, 4.69) is 15.3 Å². The van der Waals surface area contributed by atoms with E-state index in [0.717, 1.165) is 31.6 Å². The summed E-state index contributed by atoms with van der Waals surface area (Å²) in [5.41, 5.74) is 0.726. The van der Waals surface area contributed by atoms with Crippen LogP contribution in [0.15, 0.2) is 6.20 Å². The van der Waals surface area contributed by atoms with Crippen LogP contribution >= 0.6 is 11.6 Å². The van der Waals surface area contributed by atoms with Crippen LogP contribution in [0.5, 0.6) is 0 Å². The fourth-order valence-electron chi connectivity index (χ4n) is 2.68. The molecule has 6 nitrogen and oxygen atoms in total. The number of aliphatic hydroxyl groups excluding tert-OH is 1. The number of rotatable bonds is 6. The third kappa shape index (κ3) is 4.69. The highest BCUT2D eigenvalue weighted by atomic mass is 35.5. The molecule has 7 heteroatoms. The van der Waals surface area contributed by atoms with Crippen molar-refractivity contribution in [1.82, 2.24) is 20.0 Å². The second-order valence-electron chi connectivity index (χ2n) is 5.48. The van der Waals surface area contributed by atoms with Crippen molar-refractivity contribution < 1.29 is 9.90 Å². The molecular weight excluding hydrogens is 292 g/mol. The Balaban J connectivity index is 1.71. The molecule has 1 fully saturated rings. The van der Waals surface area contributed by atoms with E-state index in [1.165, 1.54) is 6.42 Å². The fraction of sp³-hybridized carbons (Fsp3) is 0.714. The largest absolute Gasteiger partial charge is 0.395 e. The van der Waals surface area contributed by atoms with Crippen molar-refractivity contribution in [3.63, 3.8) is 0 Å². The van der Waals surface area contributed by atoms with Crippen LogP contribution in [-0.4, -0.2) is 58.0 Å². The molecule has 0 aromatic carbocycles. The van der Waals surface area contributed by atoms with E-state index in [4.69, 9.17) is 11.6 Å². The summed E-state index contributed by atoms with van der Waals surface area (Å²) in [6.07, 6.45) is 5.03. The first-order valence-corrected chi connectivity index (χ1v) is 7.79. The lowest BCUT2D eigenvalue weighted by Crippen LogP contribution is -2.45. The van der Waals surface area contributed by atoms with Gasteiger partial charge in [0, 0.05) is 25.3 Å². The average Bonchev–Trinajstić information content (AvgIpc) is 2.77. The van der Waals surface area contributed by atoms with Gasteiger partial charge in [0.2, 0.25) is 5.91 Å². The maximum atomic E-state index is 11.8. The minimum absolute atomic E-state index is 0.0771. The molecular formula is C14H23ClN4O2. The SMILES string of the molecule is Cc1nn(CC(=O)NCCN2CCCC[C@@H]2CO)cc1Cl. The van der Waals surface area contributed by atoms with E-state index in [1.807, 2.05) is 6.92 Å². The van der Waals surface area contributed by atoms with E-state index in [1.54, 1.807) is 10.9 Å². The first-order chi connectivity index (χ1) is 10.1. The number of carbonyl (C=O) groups is 1. The quantitative estimate of drug-likeness (QED) is 0.815. The molecule has 0 aliphatic carbocycles. The van der Waals surface area contributed by atoms with Crippen LogP contribution in [0, 0.1) is 6.92 Å². The molecule has 1 aliphatic rings. The number of halogens is 1. The topological polar surface area (TPSA) is 70.4 Å². The first kappa shape index (κ1) is 16.3. The van der Waals surface area contributed by atoms with Crippen molar-refractivity contribution in [3.05, 3.63) is 16.9 Å². The van der Waals surface area contributed by atoms with Crippen LogP contribution in [0.3, 0.4) is 0 Å². The molecule has 1 aromatic rings. The maximum Gasteiger partial charge on any atom is 0.241 e. The Labute approximate surface area is 130 Å². The summed E-state index contributed by atoms with van der Waals surface area (Å²) >= 11 is 5.91. The molecule has 1 saturated heterocycles. The molecule has 118 valence electrons. The van der Waals surface area contributed by atoms with Gasteiger partial charge < -0.3 is 10.4 Å². The summed E-state index contributed by atoms with van der Waals surface area (Å²) in [4.78, 5) is 14.1. The van der Waals surface area contributed by atoms with Gasteiger partial charge in [0.15, 0.2) is 0 Å². The molecule has 0 unspecified atom stereocenters. The monoisotopic (exact) mass is 314 g/mol. The lowest BCUT2D eigenvalue weighted by molar-refractivity contribution is -0.121. The van der Waals surface area contributed by atoms with Gasteiger partial charge in [-0.05, 0) is 26.3 Å². The normalized spacial score (nSPS) is 19.7. The number of hydrogen-bond donors (Lipinski definition) is 2. The van der Waals surface area contributed by atoms with Gasteiger partial charge in [-0.3, -0.25) is 14.4 Å². The highest BCUT2D eigenvalue weighted by Crippen LogP contribution is 2.15. The van der Waals surface area contributed by atoms with E-state index in [0.29, 0.717) is 11.6 Å². The van der Waals surface area contributed by atoms with Crippen LogP contribution in [0.25, 0.3) is 0 Å². The second kappa shape index (κ2) is 7.77. The van der Waals surface area contributed by atoms with Crippen molar-refractivity contribution in [3.8, 4) is 0 Å². The summed E-state index contributed by atoms with van der Waals surface area (Å²) in [7, 11) is 0. The molecule has 21 heavy (non-hydrogen) atoms. The third-order valence-corrected chi connectivity index (χ3v) is 4.24. The first-order valence-electron chi connectivity index (χ1n) is 7.41. The van der Waals surface area contributed by atoms with Crippen molar-refractivity contribution in [2.24, 2.45) is 0 Å². The molecule has 0 radical (unpaired) electrons. The number of carbonyl (C=O) groups excluding carboxylic acids is 1. The van der Waals surface area contributed by atoms with Gasteiger partial charge in [-0.1, -0.05) is 18.0 Å². The van der Waals surface area contributed by atoms with E-state index in [9.17, 15) is 9.90 Å². The van der Waals surface area contributed by atoms with Crippen molar-refractivity contribution in [1.29, 1.82) is 0 Å². The summed E-state index contributed by atoms with van der Waals surface area (Å²) in [5.74, 6) is -0.0771. The fourth-order valence-corrected chi connectivity index (χ4v) is 2.83.